The minimum absolute atomic E-state index is 0.0775. The van der Waals surface area contributed by atoms with E-state index in [1.165, 1.54) is 12.1 Å². The van der Waals surface area contributed by atoms with E-state index in [4.69, 9.17) is 4.74 Å². The van der Waals surface area contributed by atoms with Crippen molar-refractivity contribution >= 4 is 5.91 Å². The van der Waals surface area contributed by atoms with Gasteiger partial charge in [-0.1, -0.05) is 24.3 Å². The molecule has 0 saturated carbocycles. The number of benzene rings is 2. The highest BCUT2D eigenvalue weighted by Gasteiger charge is 2.06. The van der Waals surface area contributed by atoms with Gasteiger partial charge in [0.05, 0.1) is 13.5 Å². The number of amides is 1. The lowest BCUT2D eigenvalue weighted by molar-refractivity contribution is -0.120. The molecule has 0 aliphatic heterocycles. The van der Waals surface area contributed by atoms with Gasteiger partial charge < -0.3 is 14.8 Å². The molecule has 1 amide bonds. The number of methoxy groups -OCH3 is 1. The van der Waals surface area contributed by atoms with Crippen LogP contribution in [0.15, 0.2) is 48.5 Å². The van der Waals surface area contributed by atoms with Crippen LogP contribution in [-0.2, 0) is 17.6 Å². The predicted octanol–water partition coefficient (Wildman–Crippen LogP) is 3.20. The molecular weight excluding hydrogens is 316 g/mol. The van der Waals surface area contributed by atoms with Crippen molar-refractivity contribution in [3.63, 3.8) is 0 Å². The number of rotatable bonds is 8. The van der Waals surface area contributed by atoms with E-state index in [9.17, 15) is 13.6 Å². The summed E-state index contributed by atoms with van der Waals surface area (Å²) >= 11 is 0. The quantitative estimate of drug-likeness (QED) is 0.806. The van der Waals surface area contributed by atoms with Gasteiger partial charge in [0.2, 0.25) is 5.91 Å². The van der Waals surface area contributed by atoms with Gasteiger partial charge >= 0.3 is 6.61 Å². The number of hydrogen-bond acceptors (Lipinski definition) is 3. The van der Waals surface area contributed by atoms with Crippen molar-refractivity contribution in [3.05, 3.63) is 59.7 Å². The molecule has 1 N–H and O–H groups in total. The summed E-state index contributed by atoms with van der Waals surface area (Å²) < 4.78 is 33.5. The zero-order valence-electron chi connectivity index (χ0n) is 13.3. The van der Waals surface area contributed by atoms with Crippen molar-refractivity contribution in [2.45, 2.75) is 19.5 Å². The summed E-state index contributed by atoms with van der Waals surface area (Å²) in [5, 5.41) is 2.83. The summed E-state index contributed by atoms with van der Waals surface area (Å²) in [7, 11) is 1.61. The second-order valence-electron chi connectivity index (χ2n) is 5.15. The Morgan fingerprint density at radius 3 is 2.17 bits per heavy atom. The molecule has 2 aromatic carbocycles. The van der Waals surface area contributed by atoms with Crippen LogP contribution in [0, 0.1) is 0 Å². The van der Waals surface area contributed by atoms with Gasteiger partial charge in [0.1, 0.15) is 11.5 Å². The molecule has 0 radical (unpaired) electrons. The zero-order chi connectivity index (χ0) is 17.4. The Kier molecular flexibility index (Phi) is 6.54. The van der Waals surface area contributed by atoms with E-state index in [-0.39, 0.29) is 18.1 Å². The van der Waals surface area contributed by atoms with Gasteiger partial charge in [-0.3, -0.25) is 4.79 Å². The molecule has 24 heavy (non-hydrogen) atoms. The molecule has 0 aliphatic carbocycles. The maximum atomic E-state index is 12.1. The molecule has 0 unspecified atom stereocenters. The zero-order valence-corrected chi connectivity index (χ0v) is 13.3. The lowest BCUT2D eigenvalue weighted by Crippen LogP contribution is -2.27. The number of alkyl halides is 2. The Morgan fingerprint density at radius 2 is 1.58 bits per heavy atom. The lowest BCUT2D eigenvalue weighted by atomic mass is 10.1. The molecule has 0 aliphatic rings. The second kappa shape index (κ2) is 8.86. The number of carbonyl (C=O) groups is 1. The summed E-state index contributed by atoms with van der Waals surface area (Å²) in [4.78, 5) is 11.9. The molecule has 4 nitrogen and oxygen atoms in total. The average molecular weight is 335 g/mol. The van der Waals surface area contributed by atoms with Crippen molar-refractivity contribution in [2.75, 3.05) is 13.7 Å². The number of nitrogens with one attached hydrogen (secondary N) is 1. The summed E-state index contributed by atoms with van der Waals surface area (Å²) in [6.45, 7) is -2.32. The van der Waals surface area contributed by atoms with Crippen LogP contribution in [0.25, 0.3) is 0 Å². The first kappa shape index (κ1) is 17.7. The fourth-order valence-electron chi connectivity index (χ4n) is 2.18. The maximum Gasteiger partial charge on any atom is 0.387 e. The molecular formula is C18H19F2NO3. The monoisotopic (exact) mass is 335 g/mol. The molecule has 0 aromatic heterocycles. The third-order valence-electron chi connectivity index (χ3n) is 3.41. The van der Waals surface area contributed by atoms with Crippen molar-refractivity contribution < 1.29 is 23.0 Å². The van der Waals surface area contributed by atoms with E-state index in [1.54, 1.807) is 19.2 Å². The van der Waals surface area contributed by atoms with Gasteiger partial charge in [0.15, 0.2) is 0 Å². The minimum atomic E-state index is -2.85. The number of ether oxygens (including phenoxy) is 2. The van der Waals surface area contributed by atoms with E-state index >= 15 is 0 Å². The fourth-order valence-corrected chi connectivity index (χ4v) is 2.18. The van der Waals surface area contributed by atoms with Gasteiger partial charge in [-0.15, -0.1) is 0 Å². The summed E-state index contributed by atoms with van der Waals surface area (Å²) in [6.07, 6.45) is 0.911. The molecule has 0 fully saturated rings. The van der Waals surface area contributed by atoms with Gasteiger partial charge in [-0.05, 0) is 41.8 Å². The molecule has 0 spiro atoms. The minimum Gasteiger partial charge on any atom is -0.497 e. The topological polar surface area (TPSA) is 47.6 Å². The van der Waals surface area contributed by atoms with Crippen molar-refractivity contribution in [3.8, 4) is 11.5 Å². The summed E-state index contributed by atoms with van der Waals surface area (Å²) in [5.41, 5.74) is 1.84. The van der Waals surface area contributed by atoms with Gasteiger partial charge in [0, 0.05) is 6.54 Å². The first-order valence-corrected chi connectivity index (χ1v) is 7.50. The van der Waals surface area contributed by atoms with Crippen LogP contribution in [-0.4, -0.2) is 26.2 Å². The molecule has 128 valence electrons. The molecule has 0 bridgehead atoms. The first-order chi connectivity index (χ1) is 11.6. The Bertz CT molecular complexity index is 642. The normalized spacial score (nSPS) is 10.5. The van der Waals surface area contributed by atoms with Gasteiger partial charge in [-0.25, -0.2) is 0 Å². The van der Waals surface area contributed by atoms with Crippen LogP contribution in [0.5, 0.6) is 11.5 Å². The lowest BCUT2D eigenvalue weighted by Gasteiger charge is -2.08. The van der Waals surface area contributed by atoms with Crippen LogP contribution in [0.1, 0.15) is 11.1 Å². The van der Waals surface area contributed by atoms with E-state index in [1.807, 2.05) is 24.3 Å². The summed E-state index contributed by atoms with van der Waals surface area (Å²) in [5.74, 6) is 0.752. The van der Waals surface area contributed by atoms with Crippen molar-refractivity contribution in [2.24, 2.45) is 0 Å². The van der Waals surface area contributed by atoms with Gasteiger partial charge in [-0.2, -0.15) is 8.78 Å². The van der Waals surface area contributed by atoms with Crippen LogP contribution in [0.3, 0.4) is 0 Å². The molecule has 2 aromatic rings. The largest absolute Gasteiger partial charge is 0.497 e. The van der Waals surface area contributed by atoms with E-state index < -0.39 is 6.61 Å². The maximum absolute atomic E-state index is 12.1. The van der Waals surface area contributed by atoms with Crippen LogP contribution < -0.4 is 14.8 Å². The Labute approximate surface area is 139 Å². The van der Waals surface area contributed by atoms with Crippen molar-refractivity contribution in [1.29, 1.82) is 0 Å². The van der Waals surface area contributed by atoms with Gasteiger partial charge in [0.25, 0.3) is 0 Å². The Morgan fingerprint density at radius 1 is 1.00 bits per heavy atom. The molecule has 0 atom stereocenters. The Balaban J connectivity index is 1.74. The number of hydrogen-bond donors (Lipinski definition) is 1. The molecule has 0 saturated heterocycles. The van der Waals surface area contributed by atoms with E-state index in [0.717, 1.165) is 23.3 Å². The molecule has 6 heteroatoms. The number of carbonyl (C=O) groups excluding carboxylic acids is 1. The second-order valence-corrected chi connectivity index (χ2v) is 5.15. The molecule has 2 rings (SSSR count). The van der Waals surface area contributed by atoms with Crippen LogP contribution in [0.4, 0.5) is 8.78 Å². The van der Waals surface area contributed by atoms with Crippen molar-refractivity contribution in [1.82, 2.24) is 5.32 Å². The SMILES string of the molecule is COc1ccc(CCNC(=O)Cc2ccc(OC(F)F)cc2)cc1. The smallest absolute Gasteiger partial charge is 0.387 e. The third kappa shape index (κ3) is 5.87. The summed E-state index contributed by atoms with van der Waals surface area (Å²) in [6, 6.07) is 13.7. The highest BCUT2D eigenvalue weighted by molar-refractivity contribution is 5.78. The predicted molar refractivity (Wildman–Crippen MR) is 86.5 cm³/mol. The highest BCUT2D eigenvalue weighted by Crippen LogP contribution is 2.15. The van der Waals surface area contributed by atoms with E-state index in [0.29, 0.717) is 6.54 Å². The van der Waals surface area contributed by atoms with Crippen LogP contribution >= 0.6 is 0 Å². The fraction of sp³-hybridized carbons (Fsp3) is 0.278. The molecule has 0 heterocycles. The standard InChI is InChI=1S/C18H19F2NO3/c1-23-15-6-2-13(3-7-15)10-11-21-17(22)12-14-4-8-16(9-5-14)24-18(19)20/h2-9,18H,10-12H2,1H3,(H,21,22). The average Bonchev–Trinajstić information content (AvgIpc) is 2.57. The third-order valence-corrected chi connectivity index (χ3v) is 3.41. The first-order valence-electron chi connectivity index (χ1n) is 7.50. The van der Waals surface area contributed by atoms with Crippen LogP contribution in [0.2, 0.25) is 0 Å². The number of halogens is 2. The highest BCUT2D eigenvalue weighted by atomic mass is 19.3. The van der Waals surface area contributed by atoms with E-state index in [2.05, 4.69) is 10.1 Å². The Hall–Kier alpha value is -2.63.